The Morgan fingerprint density at radius 1 is 1.25 bits per heavy atom. The molecule has 0 saturated heterocycles. The summed E-state index contributed by atoms with van der Waals surface area (Å²) in [6, 6.07) is 13.9. The van der Waals surface area contributed by atoms with Crippen LogP contribution in [0.15, 0.2) is 30.3 Å². The molecule has 20 heavy (non-hydrogen) atoms. The minimum absolute atomic E-state index is 0.0552. The van der Waals surface area contributed by atoms with Gasteiger partial charge in [-0.15, -0.1) is 0 Å². The number of ether oxygens (including phenoxy) is 1. The molecule has 0 aliphatic heterocycles. The number of nitrogens with one attached hydrogen (secondary N) is 1. The van der Waals surface area contributed by atoms with E-state index < -0.39 is 5.41 Å². The van der Waals surface area contributed by atoms with Crippen LogP contribution in [0.2, 0.25) is 0 Å². The SMILES string of the molecule is COC[C@H](N[C@H](C#N)CC(C)(C)C#N)c1ccccc1. The van der Waals surface area contributed by atoms with Crippen LogP contribution >= 0.6 is 0 Å². The van der Waals surface area contributed by atoms with E-state index in [4.69, 9.17) is 10.00 Å². The summed E-state index contributed by atoms with van der Waals surface area (Å²) in [6.07, 6.45) is 0.479. The first kappa shape index (κ1) is 16.2. The topological polar surface area (TPSA) is 68.8 Å². The Morgan fingerprint density at radius 2 is 1.90 bits per heavy atom. The van der Waals surface area contributed by atoms with E-state index in [1.54, 1.807) is 7.11 Å². The monoisotopic (exact) mass is 271 g/mol. The number of nitriles is 2. The van der Waals surface area contributed by atoms with Gasteiger partial charge in [-0.25, -0.2) is 0 Å². The molecule has 0 amide bonds. The first-order valence-corrected chi connectivity index (χ1v) is 6.63. The van der Waals surface area contributed by atoms with Crippen molar-refractivity contribution < 1.29 is 4.74 Å². The highest BCUT2D eigenvalue weighted by Crippen LogP contribution is 2.23. The van der Waals surface area contributed by atoms with E-state index in [0.29, 0.717) is 13.0 Å². The third-order valence-corrected chi connectivity index (χ3v) is 3.11. The second kappa shape index (κ2) is 7.65. The molecule has 2 atom stereocenters. The zero-order valence-electron chi connectivity index (χ0n) is 12.3. The van der Waals surface area contributed by atoms with Crippen molar-refractivity contribution in [1.82, 2.24) is 5.32 Å². The van der Waals surface area contributed by atoms with Crippen LogP contribution in [0.4, 0.5) is 0 Å². The highest BCUT2D eigenvalue weighted by molar-refractivity contribution is 5.20. The van der Waals surface area contributed by atoms with Gasteiger partial charge in [0.2, 0.25) is 0 Å². The lowest BCUT2D eigenvalue weighted by atomic mass is 9.87. The van der Waals surface area contributed by atoms with E-state index >= 15 is 0 Å². The highest BCUT2D eigenvalue weighted by atomic mass is 16.5. The number of methoxy groups -OCH3 is 1. The van der Waals surface area contributed by atoms with Crippen molar-refractivity contribution in [2.24, 2.45) is 5.41 Å². The maximum Gasteiger partial charge on any atom is 0.0973 e. The van der Waals surface area contributed by atoms with Gasteiger partial charge in [-0.05, 0) is 25.8 Å². The summed E-state index contributed by atoms with van der Waals surface area (Å²) in [4.78, 5) is 0. The second-order valence-electron chi connectivity index (χ2n) is 5.47. The van der Waals surface area contributed by atoms with Crippen molar-refractivity contribution in [2.45, 2.75) is 32.4 Å². The van der Waals surface area contributed by atoms with Crippen molar-refractivity contribution in [1.29, 1.82) is 10.5 Å². The summed E-state index contributed by atoms with van der Waals surface area (Å²) in [7, 11) is 1.64. The van der Waals surface area contributed by atoms with Gasteiger partial charge in [-0.3, -0.25) is 5.32 Å². The molecule has 0 radical (unpaired) electrons. The lowest BCUT2D eigenvalue weighted by Gasteiger charge is -2.25. The van der Waals surface area contributed by atoms with Crippen LogP contribution in [0.3, 0.4) is 0 Å². The highest BCUT2D eigenvalue weighted by Gasteiger charge is 2.25. The summed E-state index contributed by atoms with van der Waals surface area (Å²) in [5.74, 6) is 0. The molecule has 1 rings (SSSR count). The molecule has 0 aliphatic rings. The van der Waals surface area contributed by atoms with Gasteiger partial charge in [0.15, 0.2) is 0 Å². The molecule has 0 saturated carbocycles. The lowest BCUT2D eigenvalue weighted by molar-refractivity contribution is 0.161. The number of benzene rings is 1. The Bertz CT molecular complexity index is 485. The normalized spacial score (nSPS) is 14.1. The van der Waals surface area contributed by atoms with Gasteiger partial charge in [0.05, 0.1) is 36.2 Å². The molecular weight excluding hydrogens is 250 g/mol. The van der Waals surface area contributed by atoms with E-state index in [0.717, 1.165) is 5.56 Å². The van der Waals surface area contributed by atoms with Crippen LogP contribution in [0, 0.1) is 28.1 Å². The average Bonchev–Trinajstić information content (AvgIpc) is 2.46. The average molecular weight is 271 g/mol. The van der Waals surface area contributed by atoms with Crippen LogP contribution in [0.5, 0.6) is 0 Å². The minimum atomic E-state index is -0.526. The summed E-state index contributed by atoms with van der Waals surface area (Å²) in [6.45, 7) is 4.16. The lowest BCUT2D eigenvalue weighted by Crippen LogP contribution is -2.37. The number of rotatable bonds is 7. The molecule has 0 aliphatic carbocycles. The van der Waals surface area contributed by atoms with Gasteiger partial charge in [0, 0.05) is 7.11 Å². The Labute approximate surface area is 121 Å². The molecule has 4 nitrogen and oxygen atoms in total. The van der Waals surface area contributed by atoms with Gasteiger partial charge in [0.25, 0.3) is 0 Å². The van der Waals surface area contributed by atoms with Gasteiger partial charge in [0.1, 0.15) is 0 Å². The number of hydrogen-bond donors (Lipinski definition) is 1. The summed E-state index contributed by atoms with van der Waals surface area (Å²) in [5.41, 5.74) is 0.547. The van der Waals surface area contributed by atoms with Crippen LogP contribution in [0.25, 0.3) is 0 Å². The quantitative estimate of drug-likeness (QED) is 0.828. The number of hydrogen-bond acceptors (Lipinski definition) is 4. The zero-order chi connectivity index (χ0) is 15.0. The van der Waals surface area contributed by atoms with Crippen LogP contribution in [0.1, 0.15) is 31.9 Å². The fourth-order valence-electron chi connectivity index (χ4n) is 2.03. The third-order valence-electron chi connectivity index (χ3n) is 3.11. The van der Waals surface area contributed by atoms with Gasteiger partial charge < -0.3 is 4.74 Å². The van der Waals surface area contributed by atoms with Crippen LogP contribution < -0.4 is 5.32 Å². The fraction of sp³-hybridized carbons (Fsp3) is 0.500. The molecule has 1 N–H and O–H groups in total. The predicted octanol–water partition coefficient (Wildman–Crippen LogP) is 2.80. The van der Waals surface area contributed by atoms with E-state index in [1.807, 2.05) is 44.2 Å². The molecule has 0 bridgehead atoms. The first-order chi connectivity index (χ1) is 9.52. The van der Waals surface area contributed by atoms with E-state index in [-0.39, 0.29) is 12.1 Å². The van der Waals surface area contributed by atoms with E-state index in [1.165, 1.54) is 0 Å². The molecule has 1 aromatic carbocycles. The molecular formula is C16H21N3O. The maximum atomic E-state index is 9.29. The zero-order valence-corrected chi connectivity index (χ0v) is 12.3. The third kappa shape index (κ3) is 5.01. The minimum Gasteiger partial charge on any atom is -0.383 e. The Morgan fingerprint density at radius 3 is 2.40 bits per heavy atom. The van der Waals surface area contributed by atoms with E-state index in [9.17, 15) is 5.26 Å². The standard InChI is InChI=1S/C16H21N3O/c1-16(2,12-18)9-14(10-17)19-15(11-20-3)13-7-5-4-6-8-13/h4-8,14-15,19H,9,11H2,1-3H3/t14-,15-/m0/s1. The van der Waals surface area contributed by atoms with Crippen LogP contribution in [-0.2, 0) is 4.74 Å². The van der Waals surface area contributed by atoms with Crippen molar-refractivity contribution in [3.63, 3.8) is 0 Å². The maximum absolute atomic E-state index is 9.29. The molecule has 106 valence electrons. The smallest absolute Gasteiger partial charge is 0.0973 e. The van der Waals surface area contributed by atoms with Crippen LogP contribution in [-0.4, -0.2) is 19.8 Å². The Hall–Kier alpha value is -1.88. The Balaban J connectivity index is 2.79. The first-order valence-electron chi connectivity index (χ1n) is 6.63. The summed E-state index contributed by atoms with van der Waals surface area (Å²) in [5, 5.41) is 21.6. The molecule has 0 aromatic heterocycles. The molecule has 0 spiro atoms. The summed E-state index contributed by atoms with van der Waals surface area (Å²) >= 11 is 0. The molecule has 4 heteroatoms. The van der Waals surface area contributed by atoms with E-state index in [2.05, 4.69) is 17.5 Å². The molecule has 0 fully saturated rings. The van der Waals surface area contributed by atoms with Gasteiger partial charge in [-0.1, -0.05) is 30.3 Å². The number of nitrogens with zero attached hydrogens (tertiary/aromatic N) is 2. The molecule has 0 heterocycles. The van der Waals surface area contributed by atoms with Crippen molar-refractivity contribution >= 4 is 0 Å². The fourth-order valence-corrected chi connectivity index (χ4v) is 2.03. The van der Waals surface area contributed by atoms with Gasteiger partial charge >= 0.3 is 0 Å². The summed E-state index contributed by atoms with van der Waals surface area (Å²) < 4.78 is 5.22. The van der Waals surface area contributed by atoms with Crippen molar-refractivity contribution in [3.8, 4) is 12.1 Å². The van der Waals surface area contributed by atoms with Crippen molar-refractivity contribution in [2.75, 3.05) is 13.7 Å². The molecule has 1 aromatic rings. The van der Waals surface area contributed by atoms with Gasteiger partial charge in [-0.2, -0.15) is 10.5 Å². The Kier molecular flexibility index (Phi) is 6.18. The molecule has 0 unspecified atom stereocenters. The largest absolute Gasteiger partial charge is 0.383 e. The second-order valence-corrected chi connectivity index (χ2v) is 5.47. The van der Waals surface area contributed by atoms with Crippen molar-refractivity contribution in [3.05, 3.63) is 35.9 Å². The predicted molar refractivity (Wildman–Crippen MR) is 77.6 cm³/mol.